The summed E-state index contributed by atoms with van der Waals surface area (Å²) in [6, 6.07) is 3.36. The Balaban J connectivity index is 0.00000264. The zero-order valence-electron chi connectivity index (χ0n) is 14.0. The smallest absolute Gasteiger partial charge is 0.254 e. The molecule has 23 heavy (non-hydrogen) atoms. The Morgan fingerprint density at radius 2 is 1.78 bits per heavy atom. The Morgan fingerprint density at radius 1 is 1.22 bits per heavy atom. The summed E-state index contributed by atoms with van der Waals surface area (Å²) in [5.74, 6) is 1.39. The van der Waals surface area contributed by atoms with Gasteiger partial charge >= 0.3 is 0 Å². The van der Waals surface area contributed by atoms with Crippen molar-refractivity contribution in [2.75, 3.05) is 41.0 Å². The lowest BCUT2D eigenvalue weighted by molar-refractivity contribution is 0.0776. The van der Waals surface area contributed by atoms with E-state index in [0.717, 1.165) is 6.42 Å². The number of hydrogen-bond acceptors (Lipinski definition) is 5. The number of benzene rings is 1. The summed E-state index contributed by atoms with van der Waals surface area (Å²) in [6.07, 6.45) is 0.916. The predicted octanol–water partition coefficient (Wildman–Crippen LogP) is 1.95. The molecule has 1 unspecified atom stereocenters. The summed E-state index contributed by atoms with van der Waals surface area (Å²) >= 11 is 0. The summed E-state index contributed by atoms with van der Waals surface area (Å²) in [5, 5.41) is 0. The van der Waals surface area contributed by atoms with Crippen molar-refractivity contribution in [3.63, 3.8) is 0 Å². The van der Waals surface area contributed by atoms with Crippen molar-refractivity contribution in [1.82, 2.24) is 4.90 Å². The first kappa shape index (κ1) is 19.4. The van der Waals surface area contributed by atoms with Crippen molar-refractivity contribution in [2.45, 2.75) is 13.3 Å². The Bertz CT molecular complexity index is 542. The van der Waals surface area contributed by atoms with Crippen molar-refractivity contribution in [3.8, 4) is 17.2 Å². The number of nitrogens with two attached hydrogens (primary N) is 1. The lowest BCUT2D eigenvalue weighted by Gasteiger charge is -2.23. The molecule has 0 saturated carbocycles. The minimum absolute atomic E-state index is 0. The molecule has 1 fully saturated rings. The number of nitrogens with zero attached hydrogens (tertiary/aromatic N) is 1. The van der Waals surface area contributed by atoms with Crippen LogP contribution in [0.1, 0.15) is 23.7 Å². The maximum Gasteiger partial charge on any atom is 0.254 e. The second-order valence-corrected chi connectivity index (χ2v) is 5.91. The van der Waals surface area contributed by atoms with Crippen molar-refractivity contribution < 1.29 is 19.0 Å². The maximum atomic E-state index is 12.7. The molecule has 1 aliphatic heterocycles. The molecular weight excluding hydrogens is 320 g/mol. The van der Waals surface area contributed by atoms with Crippen LogP contribution in [-0.4, -0.2) is 51.8 Å². The number of rotatable bonds is 5. The number of carbonyl (C=O) groups is 1. The first-order valence-corrected chi connectivity index (χ1v) is 7.27. The number of ether oxygens (including phenoxy) is 3. The molecule has 0 aromatic heterocycles. The molecule has 7 heteroatoms. The standard InChI is InChI=1S/C16H24N2O4.ClH/c1-16(9-17)5-6-18(10-16)15(19)11-7-12(20-2)14(22-4)13(8-11)21-3;/h7-8H,5-6,9-10,17H2,1-4H3;1H. The lowest BCUT2D eigenvalue weighted by atomic mass is 9.90. The molecule has 130 valence electrons. The molecule has 1 atom stereocenters. The monoisotopic (exact) mass is 344 g/mol. The molecule has 1 aliphatic rings. The third kappa shape index (κ3) is 3.82. The number of methoxy groups -OCH3 is 3. The van der Waals surface area contributed by atoms with E-state index in [1.807, 2.05) is 4.90 Å². The highest BCUT2D eigenvalue weighted by Gasteiger charge is 2.35. The third-order valence-electron chi connectivity index (χ3n) is 4.25. The first-order valence-electron chi connectivity index (χ1n) is 7.27. The van der Waals surface area contributed by atoms with Gasteiger partial charge in [0.05, 0.1) is 21.3 Å². The Hall–Kier alpha value is -1.66. The van der Waals surface area contributed by atoms with Gasteiger partial charge in [-0.1, -0.05) is 6.92 Å². The highest BCUT2D eigenvalue weighted by Crippen LogP contribution is 2.39. The first-order chi connectivity index (χ1) is 10.5. The van der Waals surface area contributed by atoms with Gasteiger partial charge in [0.15, 0.2) is 11.5 Å². The van der Waals surface area contributed by atoms with Crippen LogP contribution in [0.4, 0.5) is 0 Å². The molecule has 0 spiro atoms. The minimum Gasteiger partial charge on any atom is -0.493 e. The van der Waals surface area contributed by atoms with Gasteiger partial charge in [0.2, 0.25) is 5.75 Å². The van der Waals surface area contributed by atoms with E-state index in [2.05, 4.69) is 6.92 Å². The molecular formula is C16H25ClN2O4. The average Bonchev–Trinajstić information content (AvgIpc) is 2.95. The number of hydrogen-bond donors (Lipinski definition) is 1. The highest BCUT2D eigenvalue weighted by atomic mass is 35.5. The van der Waals surface area contributed by atoms with E-state index in [9.17, 15) is 4.79 Å². The van der Waals surface area contributed by atoms with E-state index in [1.54, 1.807) is 12.1 Å². The average molecular weight is 345 g/mol. The summed E-state index contributed by atoms with van der Waals surface area (Å²) in [7, 11) is 4.61. The van der Waals surface area contributed by atoms with E-state index in [4.69, 9.17) is 19.9 Å². The van der Waals surface area contributed by atoms with E-state index in [0.29, 0.717) is 42.4 Å². The number of amides is 1. The summed E-state index contributed by atoms with van der Waals surface area (Å²) in [4.78, 5) is 14.5. The largest absolute Gasteiger partial charge is 0.493 e. The van der Waals surface area contributed by atoms with Gasteiger partial charge in [0, 0.05) is 18.7 Å². The van der Waals surface area contributed by atoms with Gasteiger partial charge in [0.25, 0.3) is 5.91 Å². The van der Waals surface area contributed by atoms with E-state index in [1.165, 1.54) is 21.3 Å². The second-order valence-electron chi connectivity index (χ2n) is 5.91. The summed E-state index contributed by atoms with van der Waals surface area (Å²) < 4.78 is 15.9. The third-order valence-corrected chi connectivity index (χ3v) is 4.25. The Morgan fingerprint density at radius 3 is 2.17 bits per heavy atom. The molecule has 6 nitrogen and oxygen atoms in total. The van der Waals surface area contributed by atoms with Gasteiger partial charge in [-0.15, -0.1) is 12.4 Å². The molecule has 0 bridgehead atoms. The van der Waals surface area contributed by atoms with Gasteiger partial charge < -0.3 is 24.8 Å². The molecule has 1 amide bonds. The second kappa shape index (κ2) is 7.75. The fraction of sp³-hybridized carbons (Fsp3) is 0.562. The van der Waals surface area contributed by atoms with E-state index >= 15 is 0 Å². The maximum absolute atomic E-state index is 12.7. The molecule has 0 aliphatic carbocycles. The van der Waals surface area contributed by atoms with Gasteiger partial charge in [0.1, 0.15) is 0 Å². The minimum atomic E-state index is -0.0450. The summed E-state index contributed by atoms with van der Waals surface area (Å²) in [5.41, 5.74) is 6.32. The van der Waals surface area contributed by atoms with E-state index < -0.39 is 0 Å². The fourth-order valence-electron chi connectivity index (χ4n) is 2.75. The zero-order chi connectivity index (χ0) is 16.3. The highest BCUT2D eigenvalue weighted by molar-refractivity contribution is 5.96. The quantitative estimate of drug-likeness (QED) is 0.883. The number of likely N-dealkylation sites (tertiary alicyclic amines) is 1. The van der Waals surface area contributed by atoms with Gasteiger partial charge in [-0.05, 0) is 30.5 Å². The number of carbonyl (C=O) groups excluding carboxylic acids is 1. The SMILES string of the molecule is COc1cc(C(=O)N2CCC(C)(CN)C2)cc(OC)c1OC.Cl. The van der Waals surface area contributed by atoms with Crippen LogP contribution in [0.2, 0.25) is 0 Å². The van der Waals surface area contributed by atoms with Crippen LogP contribution in [0.3, 0.4) is 0 Å². The molecule has 1 heterocycles. The molecule has 1 aromatic carbocycles. The topological polar surface area (TPSA) is 74.0 Å². The van der Waals surface area contributed by atoms with E-state index in [-0.39, 0.29) is 23.7 Å². The van der Waals surface area contributed by atoms with Gasteiger partial charge in [-0.2, -0.15) is 0 Å². The summed E-state index contributed by atoms with van der Waals surface area (Å²) in [6.45, 7) is 4.06. The van der Waals surface area contributed by atoms with Crippen molar-refractivity contribution >= 4 is 18.3 Å². The van der Waals surface area contributed by atoms with Gasteiger partial charge in [-0.3, -0.25) is 4.79 Å². The molecule has 0 radical (unpaired) electrons. The Labute approximate surface area is 143 Å². The van der Waals surface area contributed by atoms with Crippen molar-refractivity contribution in [3.05, 3.63) is 17.7 Å². The zero-order valence-corrected chi connectivity index (χ0v) is 14.9. The number of halogens is 1. The normalized spacial score (nSPS) is 20.0. The van der Waals surface area contributed by atoms with Crippen LogP contribution < -0.4 is 19.9 Å². The molecule has 1 saturated heterocycles. The molecule has 2 rings (SSSR count). The van der Waals surface area contributed by atoms with Crippen LogP contribution in [0.15, 0.2) is 12.1 Å². The van der Waals surface area contributed by atoms with Crippen LogP contribution in [0.5, 0.6) is 17.2 Å². The van der Waals surface area contributed by atoms with Crippen molar-refractivity contribution in [1.29, 1.82) is 0 Å². The van der Waals surface area contributed by atoms with Crippen LogP contribution in [0.25, 0.3) is 0 Å². The Kier molecular flexibility index (Phi) is 6.53. The predicted molar refractivity (Wildman–Crippen MR) is 91.0 cm³/mol. The van der Waals surface area contributed by atoms with Crippen LogP contribution in [-0.2, 0) is 0 Å². The van der Waals surface area contributed by atoms with Crippen molar-refractivity contribution in [2.24, 2.45) is 11.1 Å². The lowest BCUT2D eigenvalue weighted by Crippen LogP contribution is -2.34. The van der Waals surface area contributed by atoms with Crippen LogP contribution >= 0.6 is 12.4 Å². The fourth-order valence-corrected chi connectivity index (χ4v) is 2.75. The molecule has 1 aromatic rings. The molecule has 2 N–H and O–H groups in total. The van der Waals surface area contributed by atoms with Crippen LogP contribution in [0, 0.1) is 5.41 Å². The van der Waals surface area contributed by atoms with Gasteiger partial charge in [-0.25, -0.2) is 0 Å².